The van der Waals surface area contributed by atoms with Crippen molar-refractivity contribution in [2.75, 3.05) is 0 Å². The van der Waals surface area contributed by atoms with Crippen molar-refractivity contribution in [3.8, 4) is 5.69 Å². The molecule has 136 valence electrons. The molecule has 2 rings (SSSR count). The number of nitrogens with zero attached hydrogens (tertiary/aromatic N) is 2. The lowest BCUT2D eigenvalue weighted by Crippen LogP contribution is -2.47. The molecule has 1 aromatic heterocycles. The van der Waals surface area contributed by atoms with E-state index in [0.29, 0.717) is 17.1 Å². The van der Waals surface area contributed by atoms with E-state index >= 15 is 0 Å². The van der Waals surface area contributed by atoms with Crippen molar-refractivity contribution in [2.24, 2.45) is 0 Å². The summed E-state index contributed by atoms with van der Waals surface area (Å²) in [6.45, 7) is 9.13. The van der Waals surface area contributed by atoms with E-state index in [1.807, 2.05) is 13.8 Å². The molecule has 0 aliphatic carbocycles. The lowest BCUT2D eigenvalue weighted by molar-refractivity contribution is 0.0472. The maximum Gasteiger partial charge on any atom is 0.408 e. The number of carbonyl (C=O) groups excluding carboxylic acids is 1. The van der Waals surface area contributed by atoms with Gasteiger partial charge in [0.2, 0.25) is 0 Å². The van der Waals surface area contributed by atoms with Crippen LogP contribution in [0.3, 0.4) is 0 Å². The van der Waals surface area contributed by atoms with Crippen molar-refractivity contribution in [1.29, 1.82) is 0 Å². The maximum atomic E-state index is 14.1. The molecule has 1 heterocycles. The van der Waals surface area contributed by atoms with E-state index in [1.54, 1.807) is 31.5 Å². The lowest BCUT2D eigenvalue weighted by atomic mass is 9.99. The number of ether oxygens (including phenoxy) is 1. The number of alkyl carbamates (subject to hydrolysis) is 1. The third-order valence-corrected chi connectivity index (χ3v) is 3.58. The Kier molecular flexibility index (Phi) is 5.42. The largest absolute Gasteiger partial charge is 0.444 e. The number of halogens is 2. The van der Waals surface area contributed by atoms with Crippen LogP contribution in [0.25, 0.3) is 5.69 Å². The van der Waals surface area contributed by atoms with Crippen LogP contribution in [-0.2, 0) is 11.2 Å². The third-order valence-electron chi connectivity index (χ3n) is 3.35. The van der Waals surface area contributed by atoms with Gasteiger partial charge in [0.1, 0.15) is 11.4 Å². The summed E-state index contributed by atoms with van der Waals surface area (Å²) in [5.41, 5.74) is -0.142. The molecule has 7 heteroatoms. The highest BCUT2D eigenvalue weighted by Crippen LogP contribution is 2.22. The van der Waals surface area contributed by atoms with Gasteiger partial charge in [0.05, 0.1) is 12.0 Å². The van der Waals surface area contributed by atoms with Gasteiger partial charge in [0, 0.05) is 28.9 Å². The molecular weight excluding hydrogens is 345 g/mol. The third kappa shape index (κ3) is 5.46. The monoisotopic (exact) mass is 367 g/mol. The molecule has 0 aliphatic rings. The second kappa shape index (κ2) is 7.04. The van der Waals surface area contributed by atoms with Gasteiger partial charge in [-0.2, -0.15) is 0 Å². The van der Waals surface area contributed by atoms with Crippen molar-refractivity contribution in [3.63, 3.8) is 0 Å². The molecule has 0 atom stereocenters. The van der Waals surface area contributed by atoms with Crippen molar-refractivity contribution >= 4 is 17.7 Å². The molecule has 0 saturated heterocycles. The Morgan fingerprint density at radius 2 is 2.00 bits per heavy atom. The summed E-state index contributed by atoms with van der Waals surface area (Å²) in [5, 5.41) is 3.27. The number of benzene rings is 1. The number of carbonyl (C=O) groups is 1. The summed E-state index contributed by atoms with van der Waals surface area (Å²) in [5.74, 6) is -0.401. The van der Waals surface area contributed by atoms with Crippen molar-refractivity contribution in [3.05, 3.63) is 47.3 Å². The molecular formula is C18H23ClFN3O2. The van der Waals surface area contributed by atoms with Gasteiger partial charge in [-0.15, -0.1) is 0 Å². The fourth-order valence-electron chi connectivity index (χ4n) is 2.42. The molecule has 0 fully saturated rings. The highest BCUT2D eigenvalue weighted by Gasteiger charge is 2.26. The molecule has 1 N–H and O–H groups in total. The number of rotatable bonds is 4. The fraction of sp³-hybridized carbons (Fsp3) is 0.444. The minimum absolute atomic E-state index is 0.313. The van der Waals surface area contributed by atoms with Gasteiger partial charge in [-0.3, -0.25) is 0 Å². The summed E-state index contributed by atoms with van der Waals surface area (Å²) >= 11 is 5.98. The summed E-state index contributed by atoms with van der Waals surface area (Å²) in [6.07, 6.45) is 3.09. The average molecular weight is 368 g/mol. The summed E-state index contributed by atoms with van der Waals surface area (Å²) < 4.78 is 21.1. The zero-order valence-electron chi connectivity index (χ0n) is 15.1. The van der Waals surface area contributed by atoms with E-state index in [1.165, 1.54) is 24.5 Å². The van der Waals surface area contributed by atoms with Gasteiger partial charge in [-0.1, -0.05) is 11.6 Å². The standard InChI is InChI=1S/C18H23ClFN3O2/c1-17(2,3)25-16(24)22-18(4,5)9-13-10-21-11-23(13)15-8-12(19)6-7-14(15)20/h6-8,10-11H,9H2,1-5H3,(H,22,24). The van der Waals surface area contributed by atoms with Gasteiger partial charge >= 0.3 is 6.09 Å². The van der Waals surface area contributed by atoms with Gasteiger partial charge in [0.15, 0.2) is 0 Å². The zero-order chi connectivity index (χ0) is 18.8. The van der Waals surface area contributed by atoms with E-state index < -0.39 is 23.1 Å². The Balaban J connectivity index is 2.20. The van der Waals surface area contributed by atoms with Crippen LogP contribution >= 0.6 is 11.6 Å². The van der Waals surface area contributed by atoms with Crippen LogP contribution in [0.15, 0.2) is 30.7 Å². The van der Waals surface area contributed by atoms with E-state index in [2.05, 4.69) is 10.3 Å². The van der Waals surface area contributed by atoms with E-state index in [0.717, 1.165) is 5.69 Å². The number of aromatic nitrogens is 2. The second-order valence-corrected chi connectivity index (χ2v) is 7.97. The molecule has 1 aromatic carbocycles. The van der Waals surface area contributed by atoms with Crippen LogP contribution in [-0.4, -0.2) is 26.8 Å². The topological polar surface area (TPSA) is 56.2 Å². The average Bonchev–Trinajstić information content (AvgIpc) is 2.85. The van der Waals surface area contributed by atoms with Crippen molar-refractivity contribution in [2.45, 2.75) is 52.2 Å². The molecule has 5 nitrogen and oxygen atoms in total. The SMILES string of the molecule is CC(C)(Cc1cncn1-c1cc(Cl)ccc1F)NC(=O)OC(C)(C)C. The first-order chi connectivity index (χ1) is 11.5. The van der Waals surface area contributed by atoms with Crippen LogP contribution in [0.1, 0.15) is 40.3 Å². The van der Waals surface area contributed by atoms with Crippen LogP contribution in [0, 0.1) is 5.82 Å². The molecule has 2 aromatic rings. The highest BCUT2D eigenvalue weighted by molar-refractivity contribution is 6.30. The Morgan fingerprint density at radius 1 is 1.32 bits per heavy atom. The van der Waals surface area contributed by atoms with E-state index in [-0.39, 0.29) is 0 Å². The summed E-state index contributed by atoms with van der Waals surface area (Å²) in [7, 11) is 0. The van der Waals surface area contributed by atoms with Crippen molar-refractivity contribution in [1.82, 2.24) is 14.9 Å². The minimum atomic E-state index is -0.616. The maximum absolute atomic E-state index is 14.1. The molecule has 0 unspecified atom stereocenters. The van der Waals surface area contributed by atoms with Gasteiger partial charge in [-0.05, 0) is 52.8 Å². The Labute approximate surface area is 152 Å². The molecule has 0 spiro atoms. The predicted octanol–water partition coefficient (Wildman–Crippen LogP) is 4.51. The normalized spacial score (nSPS) is 12.1. The number of amides is 1. The van der Waals surface area contributed by atoms with Crippen LogP contribution in [0.5, 0.6) is 0 Å². The quantitative estimate of drug-likeness (QED) is 0.864. The molecule has 25 heavy (non-hydrogen) atoms. The molecule has 1 amide bonds. The highest BCUT2D eigenvalue weighted by atomic mass is 35.5. The lowest BCUT2D eigenvalue weighted by Gasteiger charge is -2.29. The molecule has 0 radical (unpaired) electrons. The minimum Gasteiger partial charge on any atom is -0.444 e. The first-order valence-corrected chi connectivity index (χ1v) is 8.32. The van der Waals surface area contributed by atoms with Gasteiger partial charge in [-0.25, -0.2) is 14.2 Å². The Bertz CT molecular complexity index is 766. The number of hydrogen-bond donors (Lipinski definition) is 1. The summed E-state index contributed by atoms with van der Waals surface area (Å²) in [4.78, 5) is 16.1. The van der Waals surface area contributed by atoms with Gasteiger partial charge < -0.3 is 14.6 Å². The number of nitrogens with one attached hydrogen (secondary N) is 1. The fourth-order valence-corrected chi connectivity index (χ4v) is 2.58. The van der Waals surface area contributed by atoms with Crippen LogP contribution in [0.4, 0.5) is 9.18 Å². The number of imidazole rings is 1. The van der Waals surface area contributed by atoms with E-state index in [4.69, 9.17) is 16.3 Å². The molecule has 0 aliphatic heterocycles. The first-order valence-electron chi connectivity index (χ1n) is 7.95. The van der Waals surface area contributed by atoms with E-state index in [9.17, 15) is 9.18 Å². The predicted molar refractivity (Wildman–Crippen MR) is 95.7 cm³/mol. The Morgan fingerprint density at radius 3 is 2.64 bits per heavy atom. The van der Waals surface area contributed by atoms with Gasteiger partial charge in [0.25, 0.3) is 0 Å². The summed E-state index contributed by atoms with van der Waals surface area (Å²) in [6, 6.07) is 4.34. The molecule has 0 bridgehead atoms. The zero-order valence-corrected chi connectivity index (χ0v) is 15.8. The second-order valence-electron chi connectivity index (χ2n) is 7.54. The smallest absolute Gasteiger partial charge is 0.408 e. The van der Waals surface area contributed by atoms with Crippen LogP contribution in [0.2, 0.25) is 5.02 Å². The van der Waals surface area contributed by atoms with Crippen LogP contribution < -0.4 is 5.32 Å². The molecule has 0 saturated carbocycles. The van der Waals surface area contributed by atoms with Crippen molar-refractivity contribution < 1.29 is 13.9 Å². The number of hydrogen-bond acceptors (Lipinski definition) is 3. The first kappa shape index (κ1) is 19.2. The Hall–Kier alpha value is -2.08.